The summed E-state index contributed by atoms with van der Waals surface area (Å²) in [6.45, 7) is 1.31. The molecule has 0 fully saturated rings. The number of fused-ring (bicyclic) bond motifs is 1. The van der Waals surface area contributed by atoms with Crippen molar-refractivity contribution in [3.8, 4) is 0 Å². The fourth-order valence-corrected chi connectivity index (χ4v) is 3.60. The molecule has 0 spiro atoms. The lowest BCUT2D eigenvalue weighted by molar-refractivity contribution is -0.115. The van der Waals surface area contributed by atoms with E-state index in [4.69, 9.17) is 0 Å². The van der Waals surface area contributed by atoms with Gasteiger partial charge >= 0.3 is 5.69 Å². The molecule has 3 aromatic rings. The summed E-state index contributed by atoms with van der Waals surface area (Å²) in [6.07, 6.45) is 2.68. The molecular weight excluding hydrogens is 373 g/mol. The number of carbonyl (C=O) groups is 2. The number of H-pyrrole nitrogens is 1. The monoisotopic (exact) mass is 393 g/mol. The lowest BCUT2D eigenvalue weighted by Crippen LogP contribution is -2.38. The number of benzene rings is 2. The molecule has 4 rings (SSSR count). The predicted molar refractivity (Wildman–Crippen MR) is 108 cm³/mol. The van der Waals surface area contributed by atoms with Crippen molar-refractivity contribution in [2.45, 2.75) is 12.8 Å². The smallest absolute Gasteiger partial charge is 0.305 e. The van der Waals surface area contributed by atoms with E-state index in [0.717, 1.165) is 0 Å². The molecule has 0 atom stereocenters. The maximum Gasteiger partial charge on any atom is 0.331 e. The molecule has 148 valence electrons. The molecule has 0 radical (unpaired) electrons. The maximum atomic E-state index is 12.9. The van der Waals surface area contributed by atoms with Crippen LogP contribution in [0.5, 0.6) is 0 Å². The maximum absolute atomic E-state index is 12.9. The van der Waals surface area contributed by atoms with Crippen LogP contribution in [0, 0.1) is 5.82 Å². The fraction of sp³-hybridized carbons (Fsp3) is 0.227. The van der Waals surface area contributed by atoms with Crippen LogP contribution in [-0.2, 0) is 4.79 Å². The van der Waals surface area contributed by atoms with Gasteiger partial charge in [0, 0.05) is 18.5 Å². The third-order valence-corrected chi connectivity index (χ3v) is 5.07. The van der Waals surface area contributed by atoms with Gasteiger partial charge in [-0.25, -0.2) is 9.18 Å². The van der Waals surface area contributed by atoms with E-state index in [-0.39, 0.29) is 29.6 Å². The van der Waals surface area contributed by atoms with Gasteiger partial charge in [-0.3, -0.25) is 19.1 Å². The van der Waals surface area contributed by atoms with E-state index in [2.05, 4.69) is 4.98 Å². The Morgan fingerprint density at radius 3 is 2.59 bits per heavy atom. The van der Waals surface area contributed by atoms with Crippen LogP contribution in [0.4, 0.5) is 4.39 Å². The lowest BCUT2D eigenvalue weighted by atomic mass is 10.1. The normalized spacial score (nSPS) is 14.9. The minimum Gasteiger partial charge on any atom is -0.305 e. The Morgan fingerprint density at radius 2 is 1.83 bits per heavy atom. The molecular formula is C22H20FN3O3. The summed E-state index contributed by atoms with van der Waals surface area (Å²) in [5, 5.41) is 0. The third kappa shape index (κ3) is 3.95. The molecule has 0 bridgehead atoms. The van der Waals surface area contributed by atoms with E-state index in [1.165, 1.54) is 28.8 Å². The third-order valence-electron chi connectivity index (χ3n) is 5.07. The number of hydrogen-bond donors (Lipinski definition) is 1. The molecule has 0 amide bonds. The predicted octanol–water partition coefficient (Wildman–Crippen LogP) is 2.86. The number of hydrogen-bond acceptors (Lipinski definition) is 4. The highest BCUT2D eigenvalue weighted by Crippen LogP contribution is 2.18. The summed E-state index contributed by atoms with van der Waals surface area (Å²) >= 11 is 0. The first kappa shape index (κ1) is 19.0. The topological polar surface area (TPSA) is 75.2 Å². The number of nitrogens with one attached hydrogen (secondary N) is 1. The quantitative estimate of drug-likeness (QED) is 0.654. The number of imidazole rings is 1. The van der Waals surface area contributed by atoms with Gasteiger partial charge < -0.3 is 4.98 Å². The van der Waals surface area contributed by atoms with E-state index < -0.39 is 0 Å². The van der Waals surface area contributed by atoms with E-state index in [1.54, 1.807) is 18.2 Å². The molecule has 7 heteroatoms. The first-order valence-electron chi connectivity index (χ1n) is 9.47. The highest BCUT2D eigenvalue weighted by molar-refractivity contribution is 6.18. The first-order chi connectivity index (χ1) is 14.0. The average molecular weight is 393 g/mol. The Bertz CT molecular complexity index is 1160. The van der Waals surface area contributed by atoms with Gasteiger partial charge in [-0.15, -0.1) is 0 Å². The van der Waals surface area contributed by atoms with Gasteiger partial charge in [0.15, 0.2) is 11.6 Å². The zero-order chi connectivity index (χ0) is 20.4. The highest BCUT2D eigenvalue weighted by atomic mass is 19.1. The van der Waals surface area contributed by atoms with Crippen LogP contribution in [0.3, 0.4) is 0 Å². The molecule has 1 aromatic heterocycles. The van der Waals surface area contributed by atoms with Gasteiger partial charge in [0.25, 0.3) is 0 Å². The van der Waals surface area contributed by atoms with Crippen LogP contribution in [0.15, 0.2) is 59.4 Å². The Morgan fingerprint density at radius 1 is 1.07 bits per heavy atom. The van der Waals surface area contributed by atoms with Crippen molar-refractivity contribution in [3.05, 3.63) is 76.5 Å². The van der Waals surface area contributed by atoms with Gasteiger partial charge in [-0.1, -0.05) is 12.1 Å². The van der Waals surface area contributed by atoms with Crippen LogP contribution in [0.2, 0.25) is 0 Å². The molecule has 1 aliphatic rings. The van der Waals surface area contributed by atoms with E-state index >= 15 is 0 Å². The van der Waals surface area contributed by atoms with Crippen LogP contribution in [-0.4, -0.2) is 45.7 Å². The number of rotatable bonds is 6. The SMILES string of the molecule is O=C1CN(CCCC(=O)c2ccc(F)cc2)CC=C1n1c(=O)[nH]c2ccccc21. The summed E-state index contributed by atoms with van der Waals surface area (Å²) < 4.78 is 14.4. The summed E-state index contributed by atoms with van der Waals surface area (Å²) in [7, 11) is 0. The van der Waals surface area contributed by atoms with Gasteiger partial charge in [-0.2, -0.15) is 0 Å². The number of halogens is 1. The van der Waals surface area contributed by atoms with Crippen molar-refractivity contribution in [2.75, 3.05) is 19.6 Å². The summed E-state index contributed by atoms with van der Waals surface area (Å²) in [4.78, 5) is 41.9. The Labute approximate surface area is 166 Å². The fourth-order valence-electron chi connectivity index (χ4n) is 3.60. The largest absolute Gasteiger partial charge is 0.331 e. The van der Waals surface area contributed by atoms with Crippen molar-refractivity contribution >= 4 is 28.3 Å². The summed E-state index contributed by atoms with van der Waals surface area (Å²) in [5.74, 6) is -0.548. The van der Waals surface area contributed by atoms with E-state index in [9.17, 15) is 18.8 Å². The number of ketones is 2. The van der Waals surface area contributed by atoms with Crippen molar-refractivity contribution in [2.24, 2.45) is 0 Å². The Hall–Kier alpha value is -3.32. The van der Waals surface area contributed by atoms with Gasteiger partial charge in [0.1, 0.15) is 5.82 Å². The molecule has 0 saturated carbocycles. The molecule has 2 heterocycles. The highest BCUT2D eigenvalue weighted by Gasteiger charge is 2.23. The number of Topliss-reactive ketones (excluding diaryl/α,β-unsaturated/α-hetero) is 2. The molecule has 1 N–H and O–H groups in total. The van der Waals surface area contributed by atoms with Crippen LogP contribution in [0.25, 0.3) is 16.7 Å². The van der Waals surface area contributed by atoms with Gasteiger partial charge in [0.2, 0.25) is 0 Å². The minimum atomic E-state index is -0.370. The minimum absolute atomic E-state index is 0.0464. The molecule has 6 nitrogen and oxygen atoms in total. The molecule has 1 aliphatic heterocycles. The van der Waals surface area contributed by atoms with Gasteiger partial charge in [-0.05, 0) is 55.4 Å². The van der Waals surface area contributed by atoms with Crippen molar-refractivity contribution in [1.29, 1.82) is 0 Å². The second-order valence-corrected chi connectivity index (χ2v) is 7.06. The number of aromatic amines is 1. The number of nitrogens with zero attached hydrogens (tertiary/aromatic N) is 2. The first-order valence-corrected chi connectivity index (χ1v) is 9.47. The van der Waals surface area contributed by atoms with E-state index in [1.807, 2.05) is 17.0 Å². The second-order valence-electron chi connectivity index (χ2n) is 7.06. The molecule has 29 heavy (non-hydrogen) atoms. The second kappa shape index (κ2) is 7.97. The van der Waals surface area contributed by atoms with Crippen LogP contribution < -0.4 is 5.69 Å². The lowest BCUT2D eigenvalue weighted by Gasteiger charge is -2.25. The number of carbonyl (C=O) groups excluding carboxylic acids is 2. The number of aromatic nitrogens is 2. The van der Waals surface area contributed by atoms with Crippen molar-refractivity contribution in [3.63, 3.8) is 0 Å². The standard InChI is InChI=1S/C22H20FN3O3/c23-16-9-7-15(8-10-16)20(27)6-3-12-25-13-11-19(21(28)14-25)26-18-5-2-1-4-17(18)24-22(26)29/h1-2,4-5,7-11H,3,6,12-14H2,(H,24,29). The van der Waals surface area contributed by atoms with Crippen molar-refractivity contribution in [1.82, 2.24) is 14.5 Å². The zero-order valence-corrected chi connectivity index (χ0v) is 15.7. The van der Waals surface area contributed by atoms with E-state index in [0.29, 0.717) is 48.2 Å². The Kier molecular flexibility index (Phi) is 5.22. The average Bonchev–Trinajstić information content (AvgIpc) is 3.04. The van der Waals surface area contributed by atoms with Gasteiger partial charge in [0.05, 0.1) is 23.3 Å². The molecule has 0 aliphatic carbocycles. The molecule has 0 saturated heterocycles. The Balaban J connectivity index is 1.39. The summed E-state index contributed by atoms with van der Waals surface area (Å²) in [5.41, 5.74) is 1.90. The van der Waals surface area contributed by atoms with Crippen LogP contribution >= 0.6 is 0 Å². The van der Waals surface area contributed by atoms with Crippen molar-refractivity contribution < 1.29 is 14.0 Å². The number of para-hydroxylation sites is 2. The molecule has 2 aromatic carbocycles. The van der Waals surface area contributed by atoms with Crippen LogP contribution in [0.1, 0.15) is 23.2 Å². The summed E-state index contributed by atoms with van der Waals surface area (Å²) in [6, 6.07) is 12.8. The molecule has 0 unspecified atom stereocenters. The zero-order valence-electron chi connectivity index (χ0n) is 15.7.